The lowest BCUT2D eigenvalue weighted by molar-refractivity contribution is -0.133. The van der Waals surface area contributed by atoms with Crippen molar-refractivity contribution in [3.8, 4) is 11.6 Å². The van der Waals surface area contributed by atoms with Crippen LogP contribution in [0.25, 0.3) is 11.6 Å². The summed E-state index contributed by atoms with van der Waals surface area (Å²) in [6.07, 6.45) is 1.56. The summed E-state index contributed by atoms with van der Waals surface area (Å²) >= 11 is 1.15. The van der Waals surface area contributed by atoms with Gasteiger partial charge in [0, 0.05) is 6.54 Å². The van der Waals surface area contributed by atoms with Crippen molar-refractivity contribution in [3.05, 3.63) is 18.4 Å². The van der Waals surface area contributed by atoms with E-state index >= 15 is 0 Å². The van der Waals surface area contributed by atoms with Crippen molar-refractivity contribution in [2.24, 2.45) is 0 Å². The van der Waals surface area contributed by atoms with Crippen LogP contribution in [0.3, 0.4) is 0 Å². The minimum Gasteiger partial charge on any atom is -0.481 e. The van der Waals surface area contributed by atoms with Crippen LogP contribution >= 0.6 is 11.8 Å². The van der Waals surface area contributed by atoms with E-state index in [2.05, 4.69) is 10.2 Å². The van der Waals surface area contributed by atoms with Gasteiger partial charge in [-0.05, 0) is 19.1 Å². The lowest BCUT2D eigenvalue weighted by Gasteiger charge is -2.04. The van der Waals surface area contributed by atoms with Crippen LogP contribution in [0.4, 0.5) is 0 Å². The Morgan fingerprint density at radius 3 is 3.00 bits per heavy atom. The SMILES string of the molecule is CCn1c(SCC(=O)O)nnc1-c1ccco1. The second kappa shape index (κ2) is 5.05. The van der Waals surface area contributed by atoms with Gasteiger partial charge in [0.2, 0.25) is 0 Å². The smallest absolute Gasteiger partial charge is 0.313 e. The van der Waals surface area contributed by atoms with Gasteiger partial charge in [-0.1, -0.05) is 11.8 Å². The van der Waals surface area contributed by atoms with Crippen LogP contribution in [0.1, 0.15) is 6.92 Å². The fraction of sp³-hybridized carbons (Fsp3) is 0.300. The fourth-order valence-corrected chi connectivity index (χ4v) is 2.12. The number of thioether (sulfide) groups is 1. The third-order valence-corrected chi connectivity index (χ3v) is 3.05. The summed E-state index contributed by atoms with van der Waals surface area (Å²) in [6.45, 7) is 2.60. The lowest BCUT2D eigenvalue weighted by atomic mass is 10.4. The monoisotopic (exact) mass is 253 g/mol. The standard InChI is InChI=1S/C10H11N3O3S/c1-2-13-9(7-4-3-5-16-7)11-12-10(13)17-6-8(14)15/h3-5H,2,6H2,1H3,(H,14,15). The van der Waals surface area contributed by atoms with Gasteiger partial charge >= 0.3 is 5.97 Å². The molecule has 0 unspecified atom stereocenters. The molecule has 0 aromatic carbocycles. The molecular formula is C10H11N3O3S. The minimum atomic E-state index is -0.875. The maximum Gasteiger partial charge on any atom is 0.313 e. The topological polar surface area (TPSA) is 81.2 Å². The molecule has 0 saturated carbocycles. The Morgan fingerprint density at radius 1 is 1.59 bits per heavy atom. The zero-order chi connectivity index (χ0) is 12.3. The molecule has 0 spiro atoms. The molecule has 17 heavy (non-hydrogen) atoms. The molecule has 0 amide bonds. The van der Waals surface area contributed by atoms with Crippen molar-refractivity contribution in [2.75, 3.05) is 5.75 Å². The van der Waals surface area contributed by atoms with Crippen molar-refractivity contribution in [1.82, 2.24) is 14.8 Å². The minimum absolute atomic E-state index is 0.0315. The Labute approximate surface area is 102 Å². The average Bonchev–Trinajstić information content (AvgIpc) is 2.94. The van der Waals surface area contributed by atoms with Crippen LogP contribution in [0, 0.1) is 0 Å². The quantitative estimate of drug-likeness (QED) is 0.817. The zero-order valence-electron chi connectivity index (χ0n) is 9.16. The first-order valence-electron chi connectivity index (χ1n) is 5.04. The number of rotatable bonds is 5. The van der Waals surface area contributed by atoms with Gasteiger partial charge < -0.3 is 9.52 Å². The fourth-order valence-electron chi connectivity index (χ4n) is 1.39. The predicted octanol–water partition coefficient (Wildman–Crippen LogP) is 1.73. The number of nitrogens with zero attached hydrogens (tertiary/aromatic N) is 3. The van der Waals surface area contributed by atoms with Crippen LogP contribution in [0.15, 0.2) is 28.0 Å². The summed E-state index contributed by atoms with van der Waals surface area (Å²) in [5.41, 5.74) is 0. The molecule has 0 bridgehead atoms. The maximum absolute atomic E-state index is 10.5. The van der Waals surface area contributed by atoms with Crippen molar-refractivity contribution >= 4 is 17.7 Å². The number of aromatic nitrogens is 3. The van der Waals surface area contributed by atoms with Gasteiger partial charge in [-0.2, -0.15) is 0 Å². The summed E-state index contributed by atoms with van der Waals surface area (Å²) in [4.78, 5) is 10.5. The molecule has 90 valence electrons. The first-order valence-corrected chi connectivity index (χ1v) is 6.02. The third-order valence-electron chi connectivity index (χ3n) is 2.10. The van der Waals surface area contributed by atoms with E-state index in [1.807, 2.05) is 11.5 Å². The highest BCUT2D eigenvalue weighted by atomic mass is 32.2. The molecule has 0 aliphatic rings. The molecule has 2 heterocycles. The molecule has 1 N–H and O–H groups in total. The number of carbonyl (C=O) groups is 1. The normalized spacial score (nSPS) is 10.6. The van der Waals surface area contributed by atoms with E-state index in [0.29, 0.717) is 23.3 Å². The Bertz CT molecular complexity index is 507. The first-order chi connectivity index (χ1) is 8.22. The molecule has 0 aliphatic carbocycles. The second-order valence-corrected chi connectivity index (χ2v) is 4.15. The number of hydrogen-bond donors (Lipinski definition) is 1. The van der Waals surface area contributed by atoms with Crippen LogP contribution in [-0.4, -0.2) is 31.6 Å². The Balaban J connectivity index is 2.27. The van der Waals surface area contributed by atoms with Gasteiger partial charge in [-0.25, -0.2) is 0 Å². The highest BCUT2D eigenvalue weighted by Gasteiger charge is 2.15. The molecule has 2 rings (SSSR count). The Hall–Kier alpha value is -1.76. The Kier molecular flexibility index (Phi) is 3.48. The molecule has 2 aromatic rings. The molecule has 7 heteroatoms. The van der Waals surface area contributed by atoms with Crippen LogP contribution in [0.2, 0.25) is 0 Å². The summed E-state index contributed by atoms with van der Waals surface area (Å²) in [5, 5.41) is 17.2. The van der Waals surface area contributed by atoms with Crippen molar-refractivity contribution < 1.29 is 14.3 Å². The number of furan rings is 1. The number of aliphatic carboxylic acids is 1. The van der Waals surface area contributed by atoms with Gasteiger partial charge in [0.15, 0.2) is 16.7 Å². The largest absolute Gasteiger partial charge is 0.481 e. The van der Waals surface area contributed by atoms with Gasteiger partial charge in [0.05, 0.1) is 12.0 Å². The first kappa shape index (κ1) is 11.7. The van der Waals surface area contributed by atoms with E-state index in [-0.39, 0.29) is 5.75 Å². The van der Waals surface area contributed by atoms with Gasteiger partial charge in [-0.15, -0.1) is 10.2 Å². The number of carboxylic acids is 1. The summed E-state index contributed by atoms with van der Waals surface area (Å²) < 4.78 is 7.08. The molecule has 0 fully saturated rings. The summed E-state index contributed by atoms with van der Waals surface area (Å²) in [6, 6.07) is 3.57. The maximum atomic E-state index is 10.5. The van der Waals surface area contributed by atoms with E-state index in [4.69, 9.17) is 9.52 Å². The second-order valence-electron chi connectivity index (χ2n) is 3.21. The van der Waals surface area contributed by atoms with Crippen molar-refractivity contribution in [2.45, 2.75) is 18.6 Å². The molecule has 0 aliphatic heterocycles. The summed E-state index contributed by atoms with van der Waals surface area (Å²) in [7, 11) is 0. The molecule has 0 saturated heterocycles. The highest BCUT2D eigenvalue weighted by Crippen LogP contribution is 2.23. The van der Waals surface area contributed by atoms with Gasteiger partial charge in [-0.3, -0.25) is 9.36 Å². The molecule has 2 aromatic heterocycles. The number of carboxylic acid groups (broad SMARTS) is 1. The van der Waals surface area contributed by atoms with E-state index < -0.39 is 5.97 Å². The Morgan fingerprint density at radius 2 is 2.41 bits per heavy atom. The molecular weight excluding hydrogens is 242 g/mol. The van der Waals surface area contributed by atoms with Crippen LogP contribution in [0.5, 0.6) is 0 Å². The summed E-state index contributed by atoms with van der Waals surface area (Å²) in [5.74, 6) is 0.336. The van der Waals surface area contributed by atoms with Crippen LogP contribution < -0.4 is 0 Å². The molecule has 6 nitrogen and oxygen atoms in total. The number of hydrogen-bond acceptors (Lipinski definition) is 5. The van der Waals surface area contributed by atoms with E-state index in [9.17, 15) is 4.79 Å². The van der Waals surface area contributed by atoms with Gasteiger partial charge in [0.25, 0.3) is 0 Å². The van der Waals surface area contributed by atoms with Crippen molar-refractivity contribution in [3.63, 3.8) is 0 Å². The third kappa shape index (κ3) is 2.50. The zero-order valence-corrected chi connectivity index (χ0v) is 9.98. The molecule has 0 atom stereocenters. The van der Waals surface area contributed by atoms with E-state index in [1.54, 1.807) is 18.4 Å². The lowest BCUT2D eigenvalue weighted by Crippen LogP contribution is -2.03. The average molecular weight is 253 g/mol. The predicted molar refractivity (Wildman–Crippen MR) is 61.8 cm³/mol. The van der Waals surface area contributed by atoms with E-state index in [0.717, 1.165) is 11.8 Å². The van der Waals surface area contributed by atoms with Crippen LogP contribution in [-0.2, 0) is 11.3 Å². The highest BCUT2D eigenvalue weighted by molar-refractivity contribution is 7.99. The molecule has 0 radical (unpaired) electrons. The van der Waals surface area contributed by atoms with Gasteiger partial charge in [0.1, 0.15) is 0 Å². The van der Waals surface area contributed by atoms with Crippen molar-refractivity contribution in [1.29, 1.82) is 0 Å². The van der Waals surface area contributed by atoms with E-state index in [1.165, 1.54) is 0 Å².